The van der Waals surface area contributed by atoms with E-state index >= 15 is 0 Å². The Morgan fingerprint density at radius 1 is 0.939 bits per heavy atom. The molecule has 4 nitrogen and oxygen atoms in total. The summed E-state index contributed by atoms with van der Waals surface area (Å²) in [5, 5.41) is 0.394. The Labute approximate surface area is 207 Å². The van der Waals surface area contributed by atoms with E-state index in [0.717, 1.165) is 22.9 Å². The van der Waals surface area contributed by atoms with E-state index in [2.05, 4.69) is 0 Å². The number of imide groups is 1. The number of aryl methyl sites for hydroxylation is 1. The predicted molar refractivity (Wildman–Crippen MR) is 135 cm³/mol. The monoisotopic (exact) mass is 497 g/mol. The highest BCUT2D eigenvalue weighted by atomic mass is 35.5. The quantitative estimate of drug-likeness (QED) is 0.324. The van der Waals surface area contributed by atoms with E-state index in [0.29, 0.717) is 45.8 Å². The number of benzene rings is 3. The molecule has 0 aromatic heterocycles. The van der Waals surface area contributed by atoms with Crippen molar-refractivity contribution in [2.45, 2.75) is 20.0 Å². The summed E-state index contributed by atoms with van der Waals surface area (Å²) in [5.41, 5.74) is 3.87. The van der Waals surface area contributed by atoms with Crippen LogP contribution in [0.3, 0.4) is 0 Å². The number of hydrogen-bond acceptors (Lipinski definition) is 4. The van der Waals surface area contributed by atoms with Crippen molar-refractivity contribution in [1.29, 1.82) is 0 Å². The molecular weight excluding hydrogens is 477 g/mol. The van der Waals surface area contributed by atoms with Crippen molar-refractivity contribution in [3.63, 3.8) is 0 Å². The second-order valence-electron chi connectivity index (χ2n) is 7.66. The third-order valence-corrected chi connectivity index (χ3v) is 6.63. The molecule has 1 aliphatic rings. The molecule has 2 amide bonds. The maximum Gasteiger partial charge on any atom is 0.293 e. The molecule has 3 aromatic rings. The van der Waals surface area contributed by atoms with Gasteiger partial charge in [-0.15, -0.1) is 0 Å². The number of ether oxygens (including phenoxy) is 1. The molecule has 0 bridgehead atoms. The normalized spacial score (nSPS) is 14.9. The van der Waals surface area contributed by atoms with E-state index in [1.54, 1.807) is 18.2 Å². The minimum atomic E-state index is -0.312. The van der Waals surface area contributed by atoms with E-state index in [9.17, 15) is 9.59 Å². The maximum absolute atomic E-state index is 12.8. The Kier molecular flexibility index (Phi) is 7.43. The Hall–Kier alpha value is -2.73. The maximum atomic E-state index is 12.8. The highest BCUT2D eigenvalue weighted by Gasteiger charge is 2.34. The summed E-state index contributed by atoms with van der Waals surface area (Å²) in [4.78, 5) is 26.8. The van der Waals surface area contributed by atoms with Crippen LogP contribution in [0, 0.1) is 6.92 Å². The van der Waals surface area contributed by atoms with Crippen LogP contribution < -0.4 is 4.74 Å². The molecule has 0 saturated carbocycles. The van der Waals surface area contributed by atoms with Crippen LogP contribution in [0.1, 0.15) is 22.3 Å². The fourth-order valence-corrected chi connectivity index (χ4v) is 4.85. The van der Waals surface area contributed by atoms with Gasteiger partial charge in [-0.2, -0.15) is 0 Å². The number of rotatable bonds is 7. The van der Waals surface area contributed by atoms with Gasteiger partial charge in [0.05, 0.1) is 15.0 Å². The average molecular weight is 498 g/mol. The van der Waals surface area contributed by atoms with Crippen molar-refractivity contribution in [3.8, 4) is 5.75 Å². The lowest BCUT2D eigenvalue weighted by molar-refractivity contribution is -0.122. The molecule has 0 radical (unpaired) electrons. The van der Waals surface area contributed by atoms with E-state index in [1.807, 2.05) is 61.5 Å². The summed E-state index contributed by atoms with van der Waals surface area (Å²) in [5.74, 6) is 0.0693. The fraction of sp³-hybridized carbons (Fsp3) is 0.154. The summed E-state index contributed by atoms with van der Waals surface area (Å²) < 4.78 is 5.83. The number of thioether (sulfide) groups is 1. The second kappa shape index (κ2) is 10.5. The van der Waals surface area contributed by atoms with Crippen molar-refractivity contribution in [1.82, 2.24) is 4.90 Å². The first-order chi connectivity index (χ1) is 15.9. The van der Waals surface area contributed by atoms with Crippen molar-refractivity contribution in [2.24, 2.45) is 0 Å². The molecule has 0 aliphatic carbocycles. The molecule has 0 unspecified atom stereocenters. The largest absolute Gasteiger partial charge is 0.486 e. The van der Waals surface area contributed by atoms with Gasteiger partial charge in [0.25, 0.3) is 11.1 Å². The van der Waals surface area contributed by atoms with Crippen LogP contribution in [-0.2, 0) is 17.8 Å². The molecule has 1 aliphatic heterocycles. The smallest absolute Gasteiger partial charge is 0.293 e. The standard InChI is InChI=1S/C26H21Cl2NO3S/c1-17-7-9-19(10-8-17)16-32-24-21(27)13-20(14-22(24)28)15-23-25(30)29(26(31)33-23)12-11-18-5-3-2-4-6-18/h2-10,13-15H,11-12,16H2,1H3/b23-15-. The fourth-order valence-electron chi connectivity index (χ4n) is 3.37. The molecule has 4 rings (SSSR count). The summed E-state index contributed by atoms with van der Waals surface area (Å²) in [6.45, 7) is 2.69. The number of amides is 2. The summed E-state index contributed by atoms with van der Waals surface area (Å²) in [6.07, 6.45) is 2.24. The minimum absolute atomic E-state index is 0.280. The van der Waals surface area contributed by atoms with E-state index < -0.39 is 0 Å². The lowest BCUT2D eigenvalue weighted by Gasteiger charge is -2.12. The predicted octanol–water partition coefficient (Wildman–Crippen LogP) is 7.16. The van der Waals surface area contributed by atoms with Gasteiger partial charge in [0, 0.05) is 6.54 Å². The number of hydrogen-bond donors (Lipinski definition) is 0. The Morgan fingerprint density at radius 2 is 1.61 bits per heavy atom. The van der Waals surface area contributed by atoms with Gasteiger partial charge in [-0.25, -0.2) is 0 Å². The van der Waals surface area contributed by atoms with Gasteiger partial charge in [0.2, 0.25) is 0 Å². The van der Waals surface area contributed by atoms with Gasteiger partial charge in [-0.05, 0) is 60.0 Å². The van der Waals surface area contributed by atoms with Crippen molar-refractivity contribution >= 4 is 52.2 Å². The van der Waals surface area contributed by atoms with Crippen LogP contribution >= 0.6 is 35.0 Å². The van der Waals surface area contributed by atoms with Gasteiger partial charge in [0.15, 0.2) is 5.75 Å². The zero-order valence-electron chi connectivity index (χ0n) is 17.9. The van der Waals surface area contributed by atoms with Gasteiger partial charge >= 0.3 is 0 Å². The van der Waals surface area contributed by atoms with Gasteiger partial charge in [-0.3, -0.25) is 14.5 Å². The molecule has 1 saturated heterocycles. The third-order valence-electron chi connectivity index (χ3n) is 5.16. The molecule has 0 atom stereocenters. The lowest BCUT2D eigenvalue weighted by Crippen LogP contribution is -2.30. The SMILES string of the molecule is Cc1ccc(COc2c(Cl)cc(/C=C3\SC(=O)N(CCc4ccccc4)C3=O)cc2Cl)cc1. The third kappa shape index (κ3) is 5.80. The molecule has 3 aromatic carbocycles. The second-order valence-corrected chi connectivity index (χ2v) is 9.46. The topological polar surface area (TPSA) is 46.6 Å². The Morgan fingerprint density at radius 3 is 2.27 bits per heavy atom. The van der Waals surface area contributed by atoms with E-state index in [-0.39, 0.29) is 11.1 Å². The number of carbonyl (C=O) groups excluding carboxylic acids is 2. The summed E-state index contributed by atoms with van der Waals surface area (Å²) >= 11 is 13.7. The highest BCUT2D eigenvalue weighted by Crippen LogP contribution is 2.37. The first-order valence-corrected chi connectivity index (χ1v) is 11.9. The van der Waals surface area contributed by atoms with Gasteiger partial charge < -0.3 is 4.74 Å². The van der Waals surface area contributed by atoms with Crippen LogP contribution in [0.15, 0.2) is 71.6 Å². The van der Waals surface area contributed by atoms with Crippen molar-refractivity contribution in [2.75, 3.05) is 6.54 Å². The minimum Gasteiger partial charge on any atom is -0.486 e. The molecule has 7 heteroatoms. The molecule has 1 heterocycles. The number of halogens is 2. The summed E-state index contributed by atoms with van der Waals surface area (Å²) in [6, 6.07) is 21.1. The van der Waals surface area contributed by atoms with Gasteiger partial charge in [0.1, 0.15) is 6.61 Å². The molecular formula is C26H21Cl2NO3S. The zero-order chi connectivity index (χ0) is 23.4. The Bertz CT molecular complexity index is 1190. The summed E-state index contributed by atoms with van der Waals surface area (Å²) in [7, 11) is 0. The van der Waals surface area contributed by atoms with Gasteiger partial charge in [-0.1, -0.05) is 83.4 Å². The average Bonchev–Trinajstić information content (AvgIpc) is 3.06. The van der Waals surface area contributed by atoms with E-state index in [4.69, 9.17) is 27.9 Å². The van der Waals surface area contributed by atoms with Crippen molar-refractivity contribution in [3.05, 3.63) is 104 Å². The molecule has 33 heavy (non-hydrogen) atoms. The number of nitrogens with zero attached hydrogens (tertiary/aromatic N) is 1. The lowest BCUT2D eigenvalue weighted by atomic mass is 10.1. The van der Waals surface area contributed by atoms with Crippen LogP contribution in [0.2, 0.25) is 10.0 Å². The van der Waals surface area contributed by atoms with E-state index in [1.165, 1.54) is 10.5 Å². The zero-order valence-corrected chi connectivity index (χ0v) is 20.2. The first kappa shape index (κ1) is 23.4. The molecule has 0 spiro atoms. The molecule has 1 fully saturated rings. The Balaban J connectivity index is 1.45. The molecule has 0 N–H and O–H groups in total. The van der Waals surface area contributed by atoms with Crippen LogP contribution in [0.25, 0.3) is 6.08 Å². The first-order valence-electron chi connectivity index (χ1n) is 10.4. The van der Waals surface area contributed by atoms with Crippen molar-refractivity contribution < 1.29 is 14.3 Å². The molecule has 168 valence electrons. The number of carbonyl (C=O) groups is 2. The highest BCUT2D eigenvalue weighted by molar-refractivity contribution is 8.18. The van der Waals surface area contributed by atoms with Crippen LogP contribution in [0.4, 0.5) is 4.79 Å². The van der Waals surface area contributed by atoms with Crippen LogP contribution in [-0.4, -0.2) is 22.6 Å². The van der Waals surface area contributed by atoms with Crippen LogP contribution in [0.5, 0.6) is 5.75 Å².